The van der Waals surface area contributed by atoms with Crippen molar-refractivity contribution in [3.8, 4) is 17.2 Å². The van der Waals surface area contributed by atoms with E-state index in [1.807, 2.05) is 0 Å². The lowest BCUT2D eigenvalue weighted by Crippen LogP contribution is -2.24. The standard InChI is InChI=1S/C20H17N7O9/c1-12(22-23-20(28)11-24-10-15(9-21-24)26(31)32)13-3-5-18(19(7-13)35-2)36-17-6-4-14(25(29)30)8-16(17)27(33)34/h3-10H,11H2,1-2H3,(H,23,28)/b22-12+. The Morgan fingerprint density at radius 1 is 1.00 bits per heavy atom. The van der Waals surface area contributed by atoms with Gasteiger partial charge in [0.2, 0.25) is 5.75 Å². The molecule has 0 spiro atoms. The van der Waals surface area contributed by atoms with Crippen LogP contribution in [0.5, 0.6) is 17.2 Å². The van der Waals surface area contributed by atoms with Gasteiger partial charge in [0.15, 0.2) is 11.5 Å². The molecular weight excluding hydrogens is 482 g/mol. The first-order valence-electron chi connectivity index (χ1n) is 9.88. The quantitative estimate of drug-likeness (QED) is 0.245. The number of methoxy groups -OCH3 is 1. The van der Waals surface area contributed by atoms with Crippen molar-refractivity contribution in [3.63, 3.8) is 0 Å². The van der Waals surface area contributed by atoms with Crippen molar-refractivity contribution in [1.29, 1.82) is 0 Å². The smallest absolute Gasteiger partial charge is 0.318 e. The molecule has 0 saturated heterocycles. The second-order valence-electron chi connectivity index (χ2n) is 7.02. The maximum atomic E-state index is 12.1. The molecule has 3 aromatic rings. The van der Waals surface area contributed by atoms with E-state index in [0.717, 1.165) is 35.3 Å². The van der Waals surface area contributed by atoms with Crippen LogP contribution in [-0.2, 0) is 11.3 Å². The van der Waals surface area contributed by atoms with E-state index in [0.29, 0.717) is 11.3 Å². The van der Waals surface area contributed by atoms with Crippen LogP contribution in [0.15, 0.2) is 53.9 Å². The van der Waals surface area contributed by atoms with E-state index in [1.54, 1.807) is 13.0 Å². The summed E-state index contributed by atoms with van der Waals surface area (Å²) in [7, 11) is 1.34. The van der Waals surface area contributed by atoms with E-state index in [9.17, 15) is 35.1 Å². The molecule has 186 valence electrons. The Balaban J connectivity index is 1.75. The number of nitrogens with zero attached hydrogens (tertiary/aromatic N) is 6. The lowest BCUT2D eigenvalue weighted by Gasteiger charge is -2.12. The number of nitro groups is 3. The maximum absolute atomic E-state index is 12.1. The number of hydrazone groups is 1. The lowest BCUT2D eigenvalue weighted by molar-refractivity contribution is -0.394. The van der Waals surface area contributed by atoms with E-state index in [1.165, 1.54) is 19.2 Å². The topological polar surface area (TPSA) is 207 Å². The average Bonchev–Trinajstić information content (AvgIpc) is 3.31. The predicted molar refractivity (Wildman–Crippen MR) is 122 cm³/mol. The summed E-state index contributed by atoms with van der Waals surface area (Å²) in [4.78, 5) is 42.8. The zero-order valence-electron chi connectivity index (χ0n) is 18.7. The van der Waals surface area contributed by atoms with Gasteiger partial charge in [-0.2, -0.15) is 10.2 Å². The highest BCUT2D eigenvalue weighted by molar-refractivity contribution is 5.99. The van der Waals surface area contributed by atoms with E-state index in [-0.39, 0.29) is 29.5 Å². The Hall–Kier alpha value is -5.41. The van der Waals surface area contributed by atoms with Crippen LogP contribution in [0.3, 0.4) is 0 Å². The molecule has 0 fully saturated rings. The van der Waals surface area contributed by atoms with Crippen LogP contribution in [0.2, 0.25) is 0 Å². The van der Waals surface area contributed by atoms with Crippen molar-refractivity contribution in [2.24, 2.45) is 5.10 Å². The number of benzene rings is 2. The third-order valence-electron chi connectivity index (χ3n) is 4.64. The minimum Gasteiger partial charge on any atom is -0.493 e. The summed E-state index contributed by atoms with van der Waals surface area (Å²) in [5.41, 5.74) is 1.86. The summed E-state index contributed by atoms with van der Waals surface area (Å²) in [6, 6.07) is 7.48. The van der Waals surface area contributed by atoms with Crippen LogP contribution in [0.4, 0.5) is 17.1 Å². The summed E-state index contributed by atoms with van der Waals surface area (Å²) >= 11 is 0. The highest BCUT2D eigenvalue weighted by Gasteiger charge is 2.22. The van der Waals surface area contributed by atoms with Crippen LogP contribution in [-0.4, -0.2) is 43.3 Å². The molecule has 0 bridgehead atoms. The molecule has 3 rings (SSSR count). The van der Waals surface area contributed by atoms with E-state index in [2.05, 4.69) is 15.6 Å². The highest BCUT2D eigenvalue weighted by Crippen LogP contribution is 2.38. The summed E-state index contributed by atoms with van der Waals surface area (Å²) in [6.07, 6.45) is 2.12. The number of non-ortho nitro benzene ring substituents is 1. The molecule has 1 N–H and O–H groups in total. The third-order valence-corrected chi connectivity index (χ3v) is 4.64. The van der Waals surface area contributed by atoms with Gasteiger partial charge >= 0.3 is 11.4 Å². The Morgan fingerprint density at radius 2 is 1.69 bits per heavy atom. The first kappa shape index (κ1) is 25.2. The van der Waals surface area contributed by atoms with E-state index < -0.39 is 32.1 Å². The van der Waals surface area contributed by atoms with Crippen molar-refractivity contribution < 1.29 is 29.0 Å². The van der Waals surface area contributed by atoms with Crippen molar-refractivity contribution in [2.75, 3.05) is 7.11 Å². The van der Waals surface area contributed by atoms with Gasteiger partial charge in [0.1, 0.15) is 18.9 Å². The van der Waals surface area contributed by atoms with Crippen LogP contribution in [0.25, 0.3) is 0 Å². The number of nitrogens with one attached hydrogen (secondary N) is 1. The highest BCUT2D eigenvalue weighted by atomic mass is 16.6. The SMILES string of the molecule is COc1cc(/C(C)=N/NC(=O)Cn2cc([N+](=O)[O-])cn2)ccc1Oc1ccc([N+](=O)[O-])cc1[N+](=O)[O-]. The van der Waals surface area contributed by atoms with Crippen molar-refractivity contribution >= 4 is 28.7 Å². The Kier molecular flexibility index (Phi) is 7.48. The minimum absolute atomic E-state index is 0.0929. The normalized spacial score (nSPS) is 11.0. The van der Waals surface area contributed by atoms with E-state index >= 15 is 0 Å². The molecular formula is C20H17N7O9. The fourth-order valence-electron chi connectivity index (χ4n) is 2.87. The number of carbonyl (C=O) groups is 1. The molecule has 0 aliphatic heterocycles. The molecule has 36 heavy (non-hydrogen) atoms. The Labute approximate surface area is 201 Å². The number of aromatic nitrogens is 2. The van der Waals surface area contributed by atoms with Crippen LogP contribution in [0, 0.1) is 30.3 Å². The van der Waals surface area contributed by atoms with Gasteiger partial charge in [-0.1, -0.05) is 0 Å². The van der Waals surface area contributed by atoms with Crippen LogP contribution >= 0.6 is 0 Å². The summed E-state index contributed by atoms with van der Waals surface area (Å²) in [5, 5.41) is 40.6. The van der Waals surface area contributed by atoms with Gasteiger partial charge in [-0.05, 0) is 31.2 Å². The fourth-order valence-corrected chi connectivity index (χ4v) is 2.87. The van der Waals surface area contributed by atoms with Gasteiger partial charge in [-0.25, -0.2) is 5.43 Å². The molecule has 0 unspecified atom stereocenters. The molecule has 0 atom stereocenters. The summed E-state index contributed by atoms with van der Waals surface area (Å²) in [6.45, 7) is 1.30. The van der Waals surface area contributed by atoms with Gasteiger partial charge in [0.25, 0.3) is 11.6 Å². The number of carbonyl (C=O) groups excluding carboxylic acids is 1. The molecule has 0 radical (unpaired) electrons. The zero-order valence-corrected chi connectivity index (χ0v) is 18.7. The predicted octanol–water partition coefficient (Wildman–Crippen LogP) is 2.95. The molecule has 0 saturated carbocycles. The largest absolute Gasteiger partial charge is 0.493 e. The van der Waals surface area contributed by atoms with Gasteiger partial charge < -0.3 is 9.47 Å². The Bertz CT molecular complexity index is 1380. The summed E-state index contributed by atoms with van der Waals surface area (Å²) in [5.74, 6) is -0.543. The first-order valence-corrected chi connectivity index (χ1v) is 9.88. The average molecular weight is 499 g/mol. The molecule has 0 aliphatic rings. The minimum atomic E-state index is -0.801. The molecule has 1 amide bonds. The van der Waals surface area contributed by atoms with Crippen LogP contribution < -0.4 is 14.9 Å². The Morgan fingerprint density at radius 3 is 2.31 bits per heavy atom. The van der Waals surface area contributed by atoms with Crippen LogP contribution in [0.1, 0.15) is 12.5 Å². The first-order chi connectivity index (χ1) is 17.1. The van der Waals surface area contributed by atoms with Gasteiger partial charge in [0.05, 0.1) is 33.7 Å². The van der Waals surface area contributed by atoms with E-state index in [4.69, 9.17) is 9.47 Å². The monoisotopic (exact) mass is 499 g/mol. The summed E-state index contributed by atoms with van der Waals surface area (Å²) < 4.78 is 12.0. The number of nitro benzene ring substituents is 2. The third kappa shape index (κ3) is 5.93. The second kappa shape index (κ2) is 10.7. The number of amides is 1. The number of rotatable bonds is 10. The molecule has 16 nitrogen and oxygen atoms in total. The molecule has 1 aromatic heterocycles. The molecule has 16 heteroatoms. The van der Waals surface area contributed by atoms with Crippen molar-refractivity contribution in [1.82, 2.24) is 15.2 Å². The number of ether oxygens (including phenoxy) is 2. The zero-order chi connectivity index (χ0) is 26.4. The van der Waals surface area contributed by atoms with Crippen molar-refractivity contribution in [2.45, 2.75) is 13.5 Å². The molecule has 1 heterocycles. The van der Waals surface area contributed by atoms with Gasteiger partial charge in [-0.15, -0.1) is 0 Å². The molecule has 2 aromatic carbocycles. The second-order valence-corrected chi connectivity index (χ2v) is 7.02. The van der Waals surface area contributed by atoms with Crippen molar-refractivity contribution in [3.05, 3.63) is 84.7 Å². The fraction of sp³-hybridized carbons (Fsp3) is 0.150. The van der Waals surface area contributed by atoms with Gasteiger partial charge in [0, 0.05) is 11.6 Å². The lowest BCUT2D eigenvalue weighted by atomic mass is 10.1. The molecule has 0 aliphatic carbocycles. The maximum Gasteiger partial charge on any atom is 0.318 e. The van der Waals surface area contributed by atoms with Gasteiger partial charge in [-0.3, -0.25) is 39.8 Å². The number of hydrogen-bond donors (Lipinski definition) is 1. The number of hydrogen-bond acceptors (Lipinski definition) is 11.